The van der Waals surface area contributed by atoms with E-state index in [1.807, 2.05) is 13.8 Å². The molecule has 0 unspecified atom stereocenters. The summed E-state index contributed by atoms with van der Waals surface area (Å²) >= 11 is 3.55. The average Bonchev–Trinajstić information content (AvgIpc) is 3.36. The van der Waals surface area contributed by atoms with Crippen LogP contribution in [-0.4, -0.2) is 60.0 Å². The number of halogens is 1. The van der Waals surface area contributed by atoms with Crippen molar-refractivity contribution in [2.45, 2.75) is 116 Å². The van der Waals surface area contributed by atoms with Crippen LogP contribution < -0.4 is 4.74 Å². The summed E-state index contributed by atoms with van der Waals surface area (Å²) in [5.74, 6) is 0.0139. The summed E-state index contributed by atoms with van der Waals surface area (Å²) in [7, 11) is -1.97. The first-order valence-electron chi connectivity index (χ1n) is 15.1. The van der Waals surface area contributed by atoms with Gasteiger partial charge in [0, 0.05) is 28.9 Å². The molecule has 1 saturated carbocycles. The Labute approximate surface area is 256 Å². The smallest absolute Gasteiger partial charge is 0.276 e. The van der Waals surface area contributed by atoms with Crippen molar-refractivity contribution in [3.8, 4) is 11.6 Å². The van der Waals surface area contributed by atoms with Crippen LogP contribution in [0.4, 0.5) is 0 Å². The van der Waals surface area contributed by atoms with Gasteiger partial charge < -0.3 is 19.2 Å². The minimum atomic E-state index is -1.97. The predicted molar refractivity (Wildman–Crippen MR) is 171 cm³/mol. The van der Waals surface area contributed by atoms with Crippen molar-refractivity contribution in [3.63, 3.8) is 0 Å². The van der Waals surface area contributed by atoms with E-state index in [-0.39, 0.29) is 39.7 Å². The zero-order valence-corrected chi connectivity index (χ0v) is 28.9. The fourth-order valence-electron chi connectivity index (χ4n) is 5.23. The summed E-state index contributed by atoms with van der Waals surface area (Å²) in [6.45, 7) is 18.4. The van der Waals surface area contributed by atoms with E-state index in [1.54, 1.807) is 4.90 Å². The van der Waals surface area contributed by atoms with Crippen LogP contribution in [-0.2, 0) is 16.3 Å². The van der Waals surface area contributed by atoms with Gasteiger partial charge in [-0.25, -0.2) is 4.98 Å². The summed E-state index contributed by atoms with van der Waals surface area (Å²) in [5, 5.41) is 11.2. The molecule has 1 amide bonds. The number of rotatable bonds is 13. The van der Waals surface area contributed by atoms with E-state index >= 15 is 0 Å². The van der Waals surface area contributed by atoms with Crippen molar-refractivity contribution in [1.82, 2.24) is 14.9 Å². The lowest BCUT2D eigenvalue weighted by molar-refractivity contribution is 0.0656. The highest BCUT2D eigenvalue weighted by Gasteiger charge is 2.39. The van der Waals surface area contributed by atoms with Gasteiger partial charge in [0.15, 0.2) is 14.0 Å². The highest BCUT2D eigenvalue weighted by atomic mass is 79.9. The summed E-state index contributed by atoms with van der Waals surface area (Å²) < 4.78 is 13.4. The Balaban J connectivity index is 1.96. The van der Waals surface area contributed by atoms with Gasteiger partial charge in [-0.2, -0.15) is 4.98 Å². The number of hydrogen-bond donors (Lipinski definition) is 1. The molecule has 1 fully saturated rings. The molecule has 228 valence electrons. The maximum atomic E-state index is 14.1. The molecule has 1 aromatic heterocycles. The van der Waals surface area contributed by atoms with Gasteiger partial charge in [-0.15, -0.1) is 0 Å². The largest absolute Gasteiger partial charge is 0.491 e. The average molecular weight is 649 g/mol. The zero-order valence-electron chi connectivity index (χ0n) is 26.3. The van der Waals surface area contributed by atoms with Crippen molar-refractivity contribution < 1.29 is 19.1 Å². The number of aromatic nitrogens is 2. The van der Waals surface area contributed by atoms with Crippen molar-refractivity contribution in [2.24, 2.45) is 0 Å². The lowest BCUT2D eigenvalue weighted by Gasteiger charge is -2.37. The molecule has 0 saturated heterocycles. The van der Waals surface area contributed by atoms with E-state index in [0.717, 1.165) is 43.0 Å². The molecule has 0 aliphatic heterocycles. The molecule has 2 aromatic rings. The number of benzene rings is 1. The van der Waals surface area contributed by atoms with E-state index in [1.165, 1.54) is 5.56 Å². The third kappa shape index (κ3) is 8.32. The maximum Gasteiger partial charge on any atom is 0.276 e. The Kier molecular flexibility index (Phi) is 11.4. The fraction of sp³-hybridized carbons (Fsp3) is 0.656. The topological polar surface area (TPSA) is 84.8 Å². The summed E-state index contributed by atoms with van der Waals surface area (Å²) in [4.78, 5) is 25.2. The van der Waals surface area contributed by atoms with Gasteiger partial charge in [0.05, 0.1) is 13.2 Å². The van der Waals surface area contributed by atoms with E-state index in [2.05, 4.69) is 86.0 Å². The van der Waals surface area contributed by atoms with Crippen LogP contribution in [0.1, 0.15) is 102 Å². The minimum absolute atomic E-state index is 0.0762. The van der Waals surface area contributed by atoms with E-state index in [0.29, 0.717) is 32.0 Å². The fourth-order valence-corrected chi connectivity index (χ4v) is 6.53. The molecule has 7 nitrogen and oxygen atoms in total. The molecule has 0 bridgehead atoms. The Bertz CT molecular complexity index is 1160. The van der Waals surface area contributed by atoms with Gasteiger partial charge in [-0.1, -0.05) is 75.0 Å². The molecule has 1 N–H and O–H groups in total. The Morgan fingerprint density at radius 3 is 2.32 bits per heavy atom. The Morgan fingerprint density at radius 2 is 1.76 bits per heavy atom. The monoisotopic (exact) mass is 647 g/mol. The highest BCUT2D eigenvalue weighted by molar-refractivity contribution is 9.10. The first-order valence-corrected chi connectivity index (χ1v) is 18.8. The molecule has 41 heavy (non-hydrogen) atoms. The van der Waals surface area contributed by atoms with E-state index < -0.39 is 8.32 Å². The Morgan fingerprint density at radius 1 is 1.12 bits per heavy atom. The van der Waals surface area contributed by atoms with Gasteiger partial charge in [0.2, 0.25) is 5.75 Å². The standard InChI is InChI=1S/C32H50BrN3O4Si/c1-9-10-20-39-28-27(30(38)36(23(2)3)19-21-40-41(7,8)31(4,5)6)34-26(35-29(28)37)22-32(17-11-12-18-32)24-13-15-25(33)16-14-24/h13-16,23H,9-12,17-22H2,1-8H3,(H,34,35,37). The molecule has 9 heteroatoms. The first kappa shape index (κ1) is 33.5. The molecular formula is C32H50BrN3O4Si. The number of unbranched alkanes of at least 4 members (excludes halogenated alkanes) is 1. The number of amides is 1. The number of nitrogens with zero attached hydrogens (tertiary/aromatic N) is 3. The molecule has 1 aliphatic carbocycles. The second-order valence-corrected chi connectivity index (χ2v) is 18.9. The van der Waals surface area contributed by atoms with Gasteiger partial charge in [-0.3, -0.25) is 4.79 Å². The van der Waals surface area contributed by atoms with Gasteiger partial charge in [-0.05, 0) is 68.9 Å². The molecule has 1 heterocycles. The molecular weight excluding hydrogens is 598 g/mol. The second kappa shape index (κ2) is 14.0. The number of aromatic hydroxyl groups is 1. The number of carbonyl (C=O) groups is 1. The lowest BCUT2D eigenvalue weighted by Crippen LogP contribution is -2.45. The highest BCUT2D eigenvalue weighted by Crippen LogP contribution is 2.44. The van der Waals surface area contributed by atoms with Crippen LogP contribution in [0, 0.1) is 0 Å². The second-order valence-electron chi connectivity index (χ2n) is 13.2. The predicted octanol–water partition coefficient (Wildman–Crippen LogP) is 8.05. The number of ether oxygens (including phenoxy) is 1. The number of hydrogen-bond acceptors (Lipinski definition) is 6. The van der Waals surface area contributed by atoms with Crippen LogP contribution in [0.3, 0.4) is 0 Å². The SMILES string of the molecule is CCCCOc1c(O)nc(CC2(c3ccc(Br)cc3)CCCC2)nc1C(=O)N(CCO[Si](C)(C)C(C)(C)C)C(C)C. The van der Waals surface area contributed by atoms with Gasteiger partial charge >= 0.3 is 0 Å². The first-order chi connectivity index (χ1) is 19.2. The normalized spacial score (nSPS) is 15.4. The van der Waals surface area contributed by atoms with Crippen molar-refractivity contribution in [3.05, 3.63) is 45.8 Å². The number of carbonyl (C=O) groups excluding carboxylic acids is 1. The maximum absolute atomic E-state index is 14.1. The van der Waals surface area contributed by atoms with Crippen molar-refractivity contribution >= 4 is 30.2 Å². The van der Waals surface area contributed by atoms with Crippen LogP contribution >= 0.6 is 15.9 Å². The quantitative estimate of drug-likeness (QED) is 0.175. The molecule has 1 aliphatic rings. The molecule has 3 rings (SSSR count). The van der Waals surface area contributed by atoms with Crippen molar-refractivity contribution in [1.29, 1.82) is 0 Å². The van der Waals surface area contributed by atoms with Gasteiger partial charge in [0.1, 0.15) is 5.82 Å². The summed E-state index contributed by atoms with van der Waals surface area (Å²) in [6.07, 6.45) is 6.56. The Hall–Kier alpha value is -1.97. The van der Waals surface area contributed by atoms with E-state index in [9.17, 15) is 9.90 Å². The van der Waals surface area contributed by atoms with Crippen LogP contribution in [0.15, 0.2) is 28.7 Å². The zero-order chi connectivity index (χ0) is 30.4. The van der Waals surface area contributed by atoms with Gasteiger partial charge in [0.25, 0.3) is 11.8 Å². The van der Waals surface area contributed by atoms with Crippen LogP contribution in [0.2, 0.25) is 18.1 Å². The minimum Gasteiger partial charge on any atom is -0.491 e. The van der Waals surface area contributed by atoms with E-state index in [4.69, 9.17) is 14.1 Å². The lowest BCUT2D eigenvalue weighted by atomic mass is 9.76. The molecule has 1 aromatic carbocycles. The summed E-state index contributed by atoms with van der Waals surface area (Å²) in [6, 6.07) is 8.37. The summed E-state index contributed by atoms with van der Waals surface area (Å²) in [5.41, 5.74) is 1.24. The van der Waals surface area contributed by atoms with Crippen LogP contribution in [0.5, 0.6) is 11.6 Å². The molecule has 0 atom stereocenters. The third-order valence-corrected chi connectivity index (χ3v) is 13.9. The molecule has 0 radical (unpaired) electrons. The molecule has 0 spiro atoms. The third-order valence-electron chi connectivity index (χ3n) is 8.84. The van der Waals surface area contributed by atoms with Crippen molar-refractivity contribution in [2.75, 3.05) is 19.8 Å². The van der Waals surface area contributed by atoms with Crippen LogP contribution in [0.25, 0.3) is 0 Å².